The Hall–Kier alpha value is -7.18. The van der Waals surface area contributed by atoms with Crippen molar-refractivity contribution < 1.29 is 23.8 Å². The van der Waals surface area contributed by atoms with Crippen molar-refractivity contribution >= 4 is 40.6 Å². The van der Waals surface area contributed by atoms with Crippen molar-refractivity contribution in [3.05, 3.63) is 214 Å². The van der Waals surface area contributed by atoms with E-state index in [1.54, 1.807) is 19.2 Å². The number of carbonyl (C=O) groups excluding carboxylic acids is 2. The van der Waals surface area contributed by atoms with Crippen LogP contribution in [-0.4, -0.2) is 19.0 Å². The van der Waals surface area contributed by atoms with Crippen LogP contribution in [-0.2, 0) is 10.2 Å². The molecule has 0 heterocycles. The lowest BCUT2D eigenvalue weighted by Crippen LogP contribution is -2.19. The fourth-order valence-corrected chi connectivity index (χ4v) is 7.19. The van der Waals surface area contributed by atoms with Gasteiger partial charge in [-0.3, -0.25) is 4.79 Å². The third-order valence-corrected chi connectivity index (χ3v) is 10.8. The van der Waals surface area contributed by atoms with Crippen molar-refractivity contribution in [1.82, 2.24) is 0 Å². The summed E-state index contributed by atoms with van der Waals surface area (Å²) in [5, 5.41) is 0. The Morgan fingerprint density at radius 3 is 1.48 bits per heavy atom. The lowest BCUT2D eigenvalue weighted by atomic mass is 9.77. The predicted octanol–water partition coefficient (Wildman–Crippen LogP) is 13.1. The summed E-state index contributed by atoms with van der Waals surface area (Å²) in [5.41, 5.74) is 12.7. The maximum atomic E-state index is 13.4. The van der Waals surface area contributed by atoms with Crippen molar-refractivity contribution in [2.75, 3.05) is 12.0 Å². The SMILES string of the molecule is COc1ccc(C(=Cc2ccc(N(c3ccc(C)cc3)c3ccc(C)cc3)cc2)c2ccc(OC(=O)c3ccc(C(C)(C)c4ccc(OC(C)=O)c(C)c4)cc3)cc2)cc1. The zero-order chi connectivity index (χ0) is 42.4. The van der Waals surface area contributed by atoms with Gasteiger partial charge in [0.2, 0.25) is 0 Å². The van der Waals surface area contributed by atoms with Crippen LogP contribution in [0.3, 0.4) is 0 Å². The van der Waals surface area contributed by atoms with Crippen molar-refractivity contribution in [3.8, 4) is 17.2 Å². The molecule has 0 atom stereocenters. The molecule has 0 unspecified atom stereocenters. The van der Waals surface area contributed by atoms with E-state index in [1.165, 1.54) is 18.1 Å². The van der Waals surface area contributed by atoms with Gasteiger partial charge in [0.1, 0.15) is 17.2 Å². The smallest absolute Gasteiger partial charge is 0.343 e. The largest absolute Gasteiger partial charge is 0.497 e. The Morgan fingerprint density at radius 2 is 1.00 bits per heavy atom. The first-order chi connectivity index (χ1) is 28.9. The van der Waals surface area contributed by atoms with E-state index in [-0.39, 0.29) is 11.4 Å². The molecule has 0 aliphatic heterocycles. The predicted molar refractivity (Wildman–Crippen MR) is 243 cm³/mol. The van der Waals surface area contributed by atoms with E-state index in [4.69, 9.17) is 14.2 Å². The second-order valence-corrected chi connectivity index (χ2v) is 15.6. The first-order valence-corrected chi connectivity index (χ1v) is 20.0. The van der Waals surface area contributed by atoms with E-state index in [9.17, 15) is 9.59 Å². The molecule has 6 heteroatoms. The Labute approximate surface area is 353 Å². The monoisotopic (exact) mass is 791 g/mol. The summed E-state index contributed by atoms with van der Waals surface area (Å²) < 4.78 is 16.6. The van der Waals surface area contributed by atoms with Crippen LogP contribution in [0.15, 0.2) is 164 Å². The number of hydrogen-bond donors (Lipinski definition) is 0. The van der Waals surface area contributed by atoms with Gasteiger partial charge in [-0.2, -0.15) is 0 Å². The molecule has 0 saturated carbocycles. The summed E-state index contributed by atoms with van der Waals surface area (Å²) >= 11 is 0. The highest BCUT2D eigenvalue weighted by Gasteiger charge is 2.25. The summed E-state index contributed by atoms with van der Waals surface area (Å²) in [6.07, 6.45) is 2.17. The molecule has 300 valence electrons. The van der Waals surface area contributed by atoms with E-state index < -0.39 is 5.97 Å². The summed E-state index contributed by atoms with van der Waals surface area (Å²) in [6.45, 7) is 11.8. The molecule has 0 spiro atoms. The maximum absolute atomic E-state index is 13.4. The van der Waals surface area contributed by atoms with E-state index in [0.29, 0.717) is 17.1 Å². The van der Waals surface area contributed by atoms with Gasteiger partial charge in [-0.05, 0) is 145 Å². The maximum Gasteiger partial charge on any atom is 0.343 e. The number of ether oxygens (including phenoxy) is 3. The average Bonchev–Trinajstić information content (AvgIpc) is 3.25. The Morgan fingerprint density at radius 1 is 0.533 bits per heavy atom. The Bertz CT molecular complexity index is 2580. The zero-order valence-corrected chi connectivity index (χ0v) is 35.2. The molecule has 6 nitrogen and oxygen atoms in total. The van der Waals surface area contributed by atoms with E-state index >= 15 is 0 Å². The number of rotatable bonds is 12. The molecule has 0 amide bonds. The number of esters is 2. The third-order valence-electron chi connectivity index (χ3n) is 10.8. The quantitative estimate of drug-likeness (QED) is 0.0697. The van der Waals surface area contributed by atoms with E-state index in [0.717, 1.165) is 61.8 Å². The number of hydrogen-bond acceptors (Lipinski definition) is 6. The van der Waals surface area contributed by atoms with Gasteiger partial charge in [0, 0.05) is 29.4 Å². The average molecular weight is 792 g/mol. The van der Waals surface area contributed by atoms with Crippen LogP contribution in [0, 0.1) is 20.8 Å². The van der Waals surface area contributed by atoms with Crippen LogP contribution >= 0.6 is 0 Å². The number of carbonyl (C=O) groups is 2. The van der Waals surface area contributed by atoms with Crippen LogP contribution in [0.1, 0.15) is 75.6 Å². The van der Waals surface area contributed by atoms with Crippen molar-refractivity contribution in [3.63, 3.8) is 0 Å². The number of methoxy groups -OCH3 is 1. The molecule has 7 aromatic rings. The molecular formula is C54H49NO5. The highest BCUT2D eigenvalue weighted by molar-refractivity contribution is 5.93. The van der Waals surface area contributed by atoms with Gasteiger partial charge in [0.15, 0.2) is 0 Å². The minimum absolute atomic E-state index is 0.350. The second-order valence-electron chi connectivity index (χ2n) is 15.6. The van der Waals surface area contributed by atoms with Gasteiger partial charge < -0.3 is 19.1 Å². The normalized spacial score (nSPS) is 11.5. The molecule has 0 fully saturated rings. The molecule has 0 aliphatic rings. The van der Waals surface area contributed by atoms with Crippen molar-refractivity contribution in [1.29, 1.82) is 0 Å². The number of anilines is 3. The van der Waals surface area contributed by atoms with Crippen LogP contribution in [0.2, 0.25) is 0 Å². The number of benzene rings is 7. The summed E-state index contributed by atoms with van der Waals surface area (Å²) in [6, 6.07) is 54.7. The van der Waals surface area contributed by atoms with E-state index in [1.807, 2.05) is 85.8 Å². The molecule has 60 heavy (non-hydrogen) atoms. The van der Waals surface area contributed by atoms with E-state index in [2.05, 4.69) is 111 Å². The van der Waals surface area contributed by atoms with Crippen molar-refractivity contribution in [2.45, 2.75) is 47.0 Å². The van der Waals surface area contributed by atoms with Gasteiger partial charge in [0.05, 0.1) is 12.7 Å². The number of aryl methyl sites for hydroxylation is 3. The second kappa shape index (κ2) is 17.8. The van der Waals surface area contributed by atoms with Gasteiger partial charge in [-0.15, -0.1) is 0 Å². The van der Waals surface area contributed by atoms with Gasteiger partial charge >= 0.3 is 11.9 Å². The zero-order valence-electron chi connectivity index (χ0n) is 35.2. The fourth-order valence-electron chi connectivity index (χ4n) is 7.19. The minimum atomic E-state index is -0.440. The molecule has 0 saturated heterocycles. The van der Waals surface area contributed by atoms with Crippen LogP contribution in [0.5, 0.6) is 17.2 Å². The lowest BCUT2D eigenvalue weighted by Gasteiger charge is -2.27. The first-order valence-electron chi connectivity index (χ1n) is 20.0. The molecule has 7 aromatic carbocycles. The van der Waals surface area contributed by atoms with Crippen LogP contribution < -0.4 is 19.1 Å². The molecule has 0 bridgehead atoms. The van der Waals surface area contributed by atoms with Crippen molar-refractivity contribution in [2.24, 2.45) is 0 Å². The molecule has 0 radical (unpaired) electrons. The topological polar surface area (TPSA) is 65.1 Å². The molecule has 0 N–H and O–H groups in total. The summed E-state index contributed by atoms with van der Waals surface area (Å²) in [7, 11) is 1.66. The third kappa shape index (κ3) is 9.40. The van der Waals surface area contributed by atoms with Gasteiger partial charge in [-0.25, -0.2) is 4.79 Å². The number of nitrogens with zero attached hydrogens (tertiary/aromatic N) is 1. The lowest BCUT2D eigenvalue weighted by molar-refractivity contribution is -0.131. The van der Waals surface area contributed by atoms with Crippen LogP contribution in [0.25, 0.3) is 11.6 Å². The van der Waals surface area contributed by atoms with Gasteiger partial charge in [0.25, 0.3) is 0 Å². The summed E-state index contributed by atoms with van der Waals surface area (Å²) in [5.74, 6) is 0.981. The Balaban J connectivity index is 1.11. The van der Waals surface area contributed by atoms with Gasteiger partial charge in [-0.1, -0.05) is 110 Å². The molecule has 0 aromatic heterocycles. The molecule has 7 rings (SSSR count). The van der Waals surface area contributed by atoms with Crippen LogP contribution in [0.4, 0.5) is 17.1 Å². The molecular weight excluding hydrogens is 743 g/mol. The Kier molecular flexibility index (Phi) is 12.1. The highest BCUT2D eigenvalue weighted by atomic mass is 16.5. The highest BCUT2D eigenvalue weighted by Crippen LogP contribution is 2.37. The first kappa shape index (κ1) is 41.0. The molecule has 0 aliphatic carbocycles. The standard InChI is InChI=1S/C54H49NO5/c1-36-8-23-46(24-9-36)55(47-25-10-37(2)11-26-47)48-27-12-40(13-28-48)35-51(41-16-29-49(58-7)30-17-41)42-18-31-50(32-19-42)60-53(57)43-14-20-44(21-15-43)54(5,6)45-22-33-52(38(3)34-45)59-39(4)56/h8-35H,1-7H3. The fraction of sp³-hybridized carbons (Fsp3) is 0.148. The minimum Gasteiger partial charge on any atom is -0.497 e. The summed E-state index contributed by atoms with van der Waals surface area (Å²) in [4.78, 5) is 27.1.